The Hall–Kier alpha value is -2.67. The van der Waals surface area contributed by atoms with E-state index < -0.39 is 0 Å². The number of carbonyl (C=O) groups is 1. The molecule has 1 N–H and O–H groups in total. The van der Waals surface area contributed by atoms with E-state index in [-0.39, 0.29) is 12.5 Å². The lowest BCUT2D eigenvalue weighted by molar-refractivity contribution is -0.117. The fourth-order valence-corrected chi connectivity index (χ4v) is 2.23. The van der Waals surface area contributed by atoms with Gasteiger partial charge < -0.3 is 5.32 Å². The largest absolute Gasteiger partial charge is 0.309 e. The van der Waals surface area contributed by atoms with Crippen LogP contribution in [0.5, 0.6) is 0 Å². The molecule has 1 amide bonds. The first-order valence-electron chi connectivity index (χ1n) is 6.59. The predicted octanol–water partition coefficient (Wildman–Crippen LogP) is 1.81. The fraction of sp³-hybridized carbons (Fsp3) is 0.143. The molecule has 0 aliphatic carbocycles. The lowest BCUT2D eigenvalue weighted by Gasteiger charge is -2.09. The number of amides is 1. The first-order chi connectivity index (χ1) is 10.7. The summed E-state index contributed by atoms with van der Waals surface area (Å²) in [7, 11) is 0. The van der Waals surface area contributed by atoms with E-state index >= 15 is 0 Å². The summed E-state index contributed by atoms with van der Waals surface area (Å²) in [6.07, 6.45) is 4.51. The zero-order chi connectivity index (χ0) is 15.4. The molecule has 0 bridgehead atoms. The monoisotopic (exact) mass is 316 g/mol. The highest BCUT2D eigenvalue weighted by molar-refractivity contribution is 6.30. The summed E-state index contributed by atoms with van der Waals surface area (Å²) in [6, 6.07) is 9.25. The normalized spacial score (nSPS) is 10.6. The number of rotatable bonds is 5. The van der Waals surface area contributed by atoms with Crippen LogP contribution in [0.15, 0.2) is 49.2 Å². The van der Waals surface area contributed by atoms with Crippen LogP contribution in [0, 0.1) is 0 Å². The van der Waals surface area contributed by atoms with Gasteiger partial charge in [0.05, 0.1) is 12.7 Å². The lowest BCUT2D eigenvalue weighted by Crippen LogP contribution is -2.21. The molecule has 0 saturated carbocycles. The van der Waals surface area contributed by atoms with Gasteiger partial charge in [0.25, 0.3) is 0 Å². The highest BCUT2D eigenvalue weighted by Crippen LogP contribution is 2.14. The van der Waals surface area contributed by atoms with Crippen LogP contribution in [0.2, 0.25) is 5.02 Å². The van der Waals surface area contributed by atoms with Crippen molar-refractivity contribution in [3.63, 3.8) is 0 Å². The summed E-state index contributed by atoms with van der Waals surface area (Å²) in [5.74, 6) is 0.420. The van der Waals surface area contributed by atoms with E-state index in [2.05, 4.69) is 20.5 Å². The first kappa shape index (κ1) is 14.3. The van der Waals surface area contributed by atoms with Crippen molar-refractivity contribution in [2.45, 2.75) is 13.1 Å². The standard InChI is InChI=1S/C14H13ClN6O/c15-12-3-1-2-11(6-12)7-21-13(4-5-17-21)19-14(22)8-20-10-16-9-18-20/h1-6,9-10H,7-8H2,(H,19,22). The molecule has 8 heteroatoms. The predicted molar refractivity (Wildman–Crippen MR) is 81.4 cm³/mol. The SMILES string of the molecule is O=C(Cn1cncn1)Nc1ccnn1Cc1cccc(Cl)c1. The third-order valence-corrected chi connectivity index (χ3v) is 3.21. The van der Waals surface area contributed by atoms with Gasteiger partial charge in [0.2, 0.25) is 5.91 Å². The van der Waals surface area contributed by atoms with E-state index in [1.54, 1.807) is 16.9 Å². The molecule has 0 radical (unpaired) electrons. The van der Waals surface area contributed by atoms with Crippen molar-refractivity contribution in [2.24, 2.45) is 0 Å². The third-order valence-electron chi connectivity index (χ3n) is 2.98. The average Bonchev–Trinajstić information content (AvgIpc) is 3.12. The Kier molecular flexibility index (Phi) is 4.15. The Morgan fingerprint density at radius 2 is 2.18 bits per heavy atom. The Balaban J connectivity index is 1.68. The summed E-state index contributed by atoms with van der Waals surface area (Å²) >= 11 is 5.97. The maximum absolute atomic E-state index is 12.0. The molecular weight excluding hydrogens is 304 g/mol. The number of anilines is 1. The van der Waals surface area contributed by atoms with Crippen LogP contribution in [-0.2, 0) is 17.9 Å². The Bertz CT molecular complexity index is 767. The van der Waals surface area contributed by atoms with Crippen molar-refractivity contribution < 1.29 is 4.79 Å². The third kappa shape index (κ3) is 3.50. The van der Waals surface area contributed by atoms with Crippen molar-refractivity contribution in [2.75, 3.05) is 5.32 Å². The number of hydrogen-bond acceptors (Lipinski definition) is 4. The highest BCUT2D eigenvalue weighted by Gasteiger charge is 2.09. The smallest absolute Gasteiger partial charge is 0.247 e. The van der Waals surface area contributed by atoms with Crippen molar-refractivity contribution in [3.8, 4) is 0 Å². The number of carbonyl (C=O) groups excluding carboxylic acids is 1. The van der Waals surface area contributed by atoms with Gasteiger partial charge in [0.15, 0.2) is 0 Å². The van der Waals surface area contributed by atoms with E-state index in [4.69, 9.17) is 11.6 Å². The van der Waals surface area contributed by atoms with Crippen molar-refractivity contribution in [3.05, 3.63) is 59.8 Å². The molecule has 22 heavy (non-hydrogen) atoms. The molecule has 0 aliphatic heterocycles. The molecule has 0 unspecified atom stereocenters. The van der Waals surface area contributed by atoms with E-state index in [1.807, 2.05) is 24.3 Å². The minimum atomic E-state index is -0.196. The molecule has 2 aromatic heterocycles. The summed E-state index contributed by atoms with van der Waals surface area (Å²) in [4.78, 5) is 15.8. The second-order valence-corrected chi connectivity index (χ2v) is 5.08. The molecule has 2 heterocycles. The van der Waals surface area contributed by atoms with E-state index in [1.165, 1.54) is 17.3 Å². The molecule has 1 aromatic carbocycles. The minimum Gasteiger partial charge on any atom is -0.309 e. The molecule has 0 atom stereocenters. The van der Waals surface area contributed by atoms with Crippen LogP contribution in [0.4, 0.5) is 5.82 Å². The Labute approximate surface area is 131 Å². The van der Waals surface area contributed by atoms with Crippen LogP contribution < -0.4 is 5.32 Å². The van der Waals surface area contributed by atoms with Gasteiger partial charge >= 0.3 is 0 Å². The van der Waals surface area contributed by atoms with E-state index in [9.17, 15) is 4.79 Å². The number of nitrogens with one attached hydrogen (secondary N) is 1. The summed E-state index contributed by atoms with van der Waals surface area (Å²) in [5.41, 5.74) is 1.00. The molecular formula is C14H13ClN6O. The zero-order valence-electron chi connectivity index (χ0n) is 11.6. The van der Waals surface area contributed by atoms with Gasteiger partial charge in [-0.05, 0) is 17.7 Å². The van der Waals surface area contributed by atoms with Gasteiger partial charge in [0, 0.05) is 11.1 Å². The van der Waals surface area contributed by atoms with Crippen LogP contribution in [0.1, 0.15) is 5.56 Å². The van der Waals surface area contributed by atoms with Gasteiger partial charge in [-0.25, -0.2) is 14.3 Å². The first-order valence-corrected chi connectivity index (χ1v) is 6.97. The van der Waals surface area contributed by atoms with Crippen LogP contribution in [0.3, 0.4) is 0 Å². The maximum Gasteiger partial charge on any atom is 0.247 e. The Morgan fingerprint density at radius 1 is 1.27 bits per heavy atom. The van der Waals surface area contributed by atoms with Gasteiger partial charge in [-0.15, -0.1) is 0 Å². The fourth-order valence-electron chi connectivity index (χ4n) is 2.02. The molecule has 112 valence electrons. The number of aromatic nitrogens is 5. The van der Waals surface area contributed by atoms with Crippen molar-refractivity contribution in [1.82, 2.24) is 24.5 Å². The molecule has 0 spiro atoms. The van der Waals surface area contributed by atoms with Gasteiger partial charge in [0.1, 0.15) is 25.0 Å². The second kappa shape index (κ2) is 6.40. The van der Waals surface area contributed by atoms with E-state index in [0.29, 0.717) is 17.4 Å². The summed E-state index contributed by atoms with van der Waals surface area (Å²) < 4.78 is 3.15. The van der Waals surface area contributed by atoms with Crippen molar-refractivity contribution in [1.29, 1.82) is 0 Å². The minimum absolute atomic E-state index is 0.0995. The summed E-state index contributed by atoms with van der Waals surface area (Å²) in [5, 5.41) is 11.6. The highest BCUT2D eigenvalue weighted by atomic mass is 35.5. The molecule has 7 nitrogen and oxygen atoms in total. The molecule has 3 aromatic rings. The molecule has 0 fully saturated rings. The molecule has 0 saturated heterocycles. The maximum atomic E-state index is 12.0. The lowest BCUT2D eigenvalue weighted by atomic mass is 10.2. The number of benzene rings is 1. The number of halogens is 1. The molecule has 3 rings (SSSR count). The van der Waals surface area contributed by atoms with Gasteiger partial charge in [-0.1, -0.05) is 23.7 Å². The van der Waals surface area contributed by atoms with Crippen LogP contribution in [-0.4, -0.2) is 30.5 Å². The quantitative estimate of drug-likeness (QED) is 0.779. The van der Waals surface area contributed by atoms with Gasteiger partial charge in [-0.3, -0.25) is 4.79 Å². The number of hydrogen-bond donors (Lipinski definition) is 1. The van der Waals surface area contributed by atoms with Crippen LogP contribution >= 0.6 is 11.6 Å². The van der Waals surface area contributed by atoms with Crippen LogP contribution in [0.25, 0.3) is 0 Å². The van der Waals surface area contributed by atoms with Gasteiger partial charge in [-0.2, -0.15) is 10.2 Å². The van der Waals surface area contributed by atoms with Crippen molar-refractivity contribution >= 4 is 23.3 Å². The topological polar surface area (TPSA) is 77.6 Å². The summed E-state index contributed by atoms with van der Waals surface area (Å²) in [6.45, 7) is 0.620. The second-order valence-electron chi connectivity index (χ2n) is 4.65. The molecule has 0 aliphatic rings. The number of nitrogens with zero attached hydrogens (tertiary/aromatic N) is 5. The van der Waals surface area contributed by atoms with E-state index in [0.717, 1.165) is 5.56 Å². The Morgan fingerprint density at radius 3 is 2.95 bits per heavy atom. The zero-order valence-corrected chi connectivity index (χ0v) is 12.3. The average molecular weight is 317 g/mol.